The molecule has 1 heterocycles. The molecule has 4 heteroatoms. The van der Waals surface area contributed by atoms with Gasteiger partial charge in [0.2, 0.25) is 5.91 Å². The van der Waals surface area contributed by atoms with E-state index in [9.17, 15) is 15.0 Å². The number of nitrogens with one attached hydrogen (secondary N) is 1. The van der Waals surface area contributed by atoms with Crippen LogP contribution in [0.3, 0.4) is 0 Å². The highest BCUT2D eigenvalue weighted by atomic mass is 16.3. The highest BCUT2D eigenvalue weighted by molar-refractivity contribution is 5.76. The first-order valence-corrected chi connectivity index (χ1v) is 7.44. The van der Waals surface area contributed by atoms with Gasteiger partial charge in [0, 0.05) is 24.8 Å². The lowest BCUT2D eigenvalue weighted by molar-refractivity contribution is -0.121. The zero-order valence-corrected chi connectivity index (χ0v) is 12.5. The van der Waals surface area contributed by atoms with Crippen molar-refractivity contribution in [1.29, 1.82) is 0 Å². The van der Waals surface area contributed by atoms with Crippen molar-refractivity contribution in [2.75, 3.05) is 13.2 Å². The van der Waals surface area contributed by atoms with Crippen LogP contribution in [0.2, 0.25) is 0 Å². The summed E-state index contributed by atoms with van der Waals surface area (Å²) in [5, 5.41) is 22.6. The maximum Gasteiger partial charge on any atom is 0.220 e. The zero-order valence-electron chi connectivity index (χ0n) is 12.5. The molecular weight excluding hydrogens is 254 g/mol. The van der Waals surface area contributed by atoms with Crippen molar-refractivity contribution < 1.29 is 15.0 Å². The molecule has 3 atom stereocenters. The van der Waals surface area contributed by atoms with Crippen LogP contribution in [-0.4, -0.2) is 35.4 Å². The Labute approximate surface area is 121 Å². The summed E-state index contributed by atoms with van der Waals surface area (Å²) >= 11 is 0. The van der Waals surface area contributed by atoms with E-state index in [0.29, 0.717) is 13.0 Å². The third kappa shape index (κ3) is 5.88. The summed E-state index contributed by atoms with van der Waals surface area (Å²) in [6.45, 7) is 4.35. The highest BCUT2D eigenvalue weighted by Crippen LogP contribution is 2.18. The van der Waals surface area contributed by atoms with Crippen LogP contribution in [0.1, 0.15) is 39.5 Å². The van der Waals surface area contributed by atoms with Gasteiger partial charge in [-0.2, -0.15) is 0 Å². The van der Waals surface area contributed by atoms with Crippen molar-refractivity contribution in [3.05, 3.63) is 23.8 Å². The number of hydrogen-bond acceptors (Lipinski definition) is 3. The summed E-state index contributed by atoms with van der Waals surface area (Å²) in [7, 11) is 0. The minimum Gasteiger partial charge on any atom is -0.396 e. The second-order valence-electron chi connectivity index (χ2n) is 5.66. The van der Waals surface area contributed by atoms with E-state index in [4.69, 9.17) is 0 Å². The number of carbonyl (C=O) groups excluding carboxylic acids is 1. The van der Waals surface area contributed by atoms with Crippen molar-refractivity contribution in [3.63, 3.8) is 0 Å². The molecule has 3 N–H and O–H groups in total. The van der Waals surface area contributed by atoms with E-state index in [0.717, 1.165) is 24.8 Å². The van der Waals surface area contributed by atoms with E-state index in [1.807, 2.05) is 32.1 Å². The number of aliphatic hydroxyl groups excluding tert-OH is 2. The Morgan fingerprint density at radius 2 is 2.15 bits per heavy atom. The number of allylic oxidation sites excluding steroid dienone is 1. The lowest BCUT2D eigenvalue weighted by atomic mass is 9.90. The quantitative estimate of drug-likeness (QED) is 0.642. The Morgan fingerprint density at radius 1 is 1.40 bits per heavy atom. The van der Waals surface area contributed by atoms with Gasteiger partial charge in [0.05, 0.1) is 12.7 Å². The predicted molar refractivity (Wildman–Crippen MR) is 80.1 cm³/mol. The summed E-state index contributed by atoms with van der Waals surface area (Å²) in [6, 6.07) is 0. The van der Waals surface area contributed by atoms with Gasteiger partial charge < -0.3 is 15.5 Å². The Morgan fingerprint density at radius 3 is 2.85 bits per heavy atom. The van der Waals surface area contributed by atoms with Crippen molar-refractivity contribution in [1.82, 2.24) is 5.32 Å². The fraction of sp³-hybridized carbons (Fsp3) is 0.688. The Kier molecular flexibility index (Phi) is 7.55. The summed E-state index contributed by atoms with van der Waals surface area (Å²) < 4.78 is 0. The van der Waals surface area contributed by atoms with Crippen molar-refractivity contribution in [2.24, 2.45) is 11.8 Å². The number of carbonyl (C=O) groups is 1. The maximum atomic E-state index is 11.6. The van der Waals surface area contributed by atoms with Gasteiger partial charge in [-0.1, -0.05) is 30.7 Å². The molecule has 0 aromatic rings. The average molecular weight is 281 g/mol. The molecule has 0 aromatic heterocycles. The second-order valence-corrected chi connectivity index (χ2v) is 5.66. The Bertz CT molecular complexity index is 363. The molecule has 0 fully saturated rings. The van der Waals surface area contributed by atoms with Crippen LogP contribution in [0.15, 0.2) is 23.8 Å². The predicted octanol–water partition coefficient (Wildman–Crippen LogP) is 1.78. The standard InChI is InChI=1S/C16H27NO3/c1-12-9-13(2)16(20)14(11-18)7-5-3-4-6-8-15(19)17-10-12/h5,7,9,13-14,16,18,20H,3-4,6,8,10-11H2,1-2H3,(H,17,19)/b7-5+,12-9-/t13-,14-,16+/m1/s1. The van der Waals surface area contributed by atoms with Crippen LogP contribution in [0.4, 0.5) is 0 Å². The van der Waals surface area contributed by atoms with Gasteiger partial charge in [-0.05, 0) is 26.2 Å². The van der Waals surface area contributed by atoms with Crippen LogP contribution in [0.5, 0.6) is 0 Å². The van der Waals surface area contributed by atoms with Gasteiger partial charge in [0.15, 0.2) is 0 Å². The number of amides is 1. The number of aliphatic hydroxyl groups is 2. The fourth-order valence-electron chi connectivity index (χ4n) is 2.42. The molecule has 0 bridgehead atoms. The second kappa shape index (κ2) is 8.93. The summed E-state index contributed by atoms with van der Waals surface area (Å²) in [6.07, 6.45) is 8.50. The molecule has 0 aromatic carbocycles. The van der Waals surface area contributed by atoms with Gasteiger partial charge in [-0.15, -0.1) is 0 Å². The summed E-state index contributed by atoms with van der Waals surface area (Å²) in [4.78, 5) is 11.6. The summed E-state index contributed by atoms with van der Waals surface area (Å²) in [5.74, 6) is -0.205. The molecule has 0 saturated heterocycles. The maximum absolute atomic E-state index is 11.6. The normalized spacial score (nSPS) is 34.5. The molecule has 114 valence electrons. The van der Waals surface area contributed by atoms with Crippen LogP contribution >= 0.6 is 0 Å². The van der Waals surface area contributed by atoms with Crippen LogP contribution in [-0.2, 0) is 4.79 Å². The fourth-order valence-corrected chi connectivity index (χ4v) is 2.42. The van der Waals surface area contributed by atoms with Gasteiger partial charge in [0.1, 0.15) is 0 Å². The molecule has 4 nitrogen and oxygen atoms in total. The largest absolute Gasteiger partial charge is 0.396 e. The molecule has 20 heavy (non-hydrogen) atoms. The lowest BCUT2D eigenvalue weighted by Crippen LogP contribution is -2.29. The van der Waals surface area contributed by atoms with Crippen molar-refractivity contribution in [2.45, 2.75) is 45.6 Å². The molecule has 0 aliphatic carbocycles. The molecular formula is C16H27NO3. The van der Waals surface area contributed by atoms with E-state index >= 15 is 0 Å². The van der Waals surface area contributed by atoms with Gasteiger partial charge in [0.25, 0.3) is 0 Å². The molecule has 1 rings (SSSR count). The monoisotopic (exact) mass is 281 g/mol. The number of hydrogen-bond donors (Lipinski definition) is 3. The van der Waals surface area contributed by atoms with Crippen LogP contribution in [0, 0.1) is 11.8 Å². The first kappa shape index (κ1) is 16.9. The van der Waals surface area contributed by atoms with E-state index < -0.39 is 6.10 Å². The van der Waals surface area contributed by atoms with Crippen LogP contribution in [0.25, 0.3) is 0 Å². The van der Waals surface area contributed by atoms with Gasteiger partial charge in [-0.3, -0.25) is 4.79 Å². The first-order valence-electron chi connectivity index (χ1n) is 7.44. The number of rotatable bonds is 1. The first-order chi connectivity index (χ1) is 9.54. The molecule has 0 radical (unpaired) electrons. The Hall–Kier alpha value is -1.13. The molecule has 1 aliphatic rings. The highest BCUT2D eigenvalue weighted by Gasteiger charge is 2.21. The smallest absolute Gasteiger partial charge is 0.220 e. The van der Waals surface area contributed by atoms with E-state index in [2.05, 4.69) is 5.32 Å². The minimum atomic E-state index is -0.607. The SMILES string of the molecule is C/C1=C/[C@@H](C)[C@H](O)[C@@H](CO)/C=C/CCCCC(=O)NC1. The summed E-state index contributed by atoms with van der Waals surface area (Å²) in [5.41, 5.74) is 1.03. The molecule has 0 saturated carbocycles. The molecule has 0 spiro atoms. The van der Waals surface area contributed by atoms with Crippen molar-refractivity contribution in [3.8, 4) is 0 Å². The van der Waals surface area contributed by atoms with Crippen LogP contribution < -0.4 is 5.32 Å². The molecule has 0 unspecified atom stereocenters. The zero-order chi connectivity index (χ0) is 15.0. The van der Waals surface area contributed by atoms with E-state index in [1.54, 1.807) is 0 Å². The third-order valence-corrected chi connectivity index (χ3v) is 3.71. The third-order valence-electron chi connectivity index (χ3n) is 3.71. The van der Waals surface area contributed by atoms with Gasteiger partial charge in [-0.25, -0.2) is 0 Å². The van der Waals surface area contributed by atoms with Gasteiger partial charge >= 0.3 is 0 Å². The van der Waals surface area contributed by atoms with E-state index in [-0.39, 0.29) is 24.3 Å². The lowest BCUT2D eigenvalue weighted by Gasteiger charge is -2.23. The minimum absolute atomic E-state index is 0.0500. The topological polar surface area (TPSA) is 69.6 Å². The van der Waals surface area contributed by atoms with Crippen molar-refractivity contribution >= 4 is 5.91 Å². The molecule has 1 amide bonds. The average Bonchev–Trinajstić information content (AvgIpc) is 2.43. The molecule has 1 aliphatic heterocycles. The van der Waals surface area contributed by atoms with E-state index in [1.165, 1.54) is 0 Å². The Balaban J connectivity index is 2.78.